The fourth-order valence-corrected chi connectivity index (χ4v) is 1.99. The predicted molar refractivity (Wildman–Crippen MR) is 88.0 cm³/mol. The van der Waals surface area contributed by atoms with Crippen molar-refractivity contribution in [1.29, 1.82) is 0 Å². The van der Waals surface area contributed by atoms with Crippen LogP contribution in [-0.4, -0.2) is 26.0 Å². The number of amides is 2. The minimum absolute atomic E-state index is 0.443. The highest BCUT2D eigenvalue weighted by Crippen LogP contribution is 2.25. The Balaban J connectivity index is 2.08. The number of hydrogen-bond donors (Lipinski definition) is 2. The second-order valence-corrected chi connectivity index (χ2v) is 4.84. The topological polar surface area (TPSA) is 76.7 Å². The Morgan fingerprint density at radius 1 is 0.913 bits per heavy atom. The van der Waals surface area contributed by atoms with Crippen molar-refractivity contribution in [1.82, 2.24) is 0 Å². The molecule has 2 amide bonds. The summed E-state index contributed by atoms with van der Waals surface area (Å²) < 4.78 is 10.2. The molecule has 2 N–H and O–H groups in total. The van der Waals surface area contributed by atoms with Gasteiger partial charge in [0, 0.05) is 11.8 Å². The highest BCUT2D eigenvalue weighted by Gasteiger charge is 2.16. The molecular weight excluding hydrogens is 296 g/mol. The molecule has 0 unspecified atom stereocenters. The normalized spacial score (nSPS) is 9.87. The van der Waals surface area contributed by atoms with Gasteiger partial charge in [0.1, 0.15) is 11.5 Å². The Morgan fingerprint density at radius 3 is 2.35 bits per heavy atom. The summed E-state index contributed by atoms with van der Waals surface area (Å²) in [5.41, 5.74) is 1.85. The van der Waals surface area contributed by atoms with Gasteiger partial charge in [0.25, 0.3) is 0 Å². The fraction of sp³-hybridized carbons (Fsp3) is 0.176. The van der Waals surface area contributed by atoms with E-state index >= 15 is 0 Å². The second-order valence-electron chi connectivity index (χ2n) is 4.84. The van der Waals surface area contributed by atoms with Crippen molar-refractivity contribution in [3.05, 3.63) is 48.0 Å². The molecule has 0 atom stereocenters. The van der Waals surface area contributed by atoms with Crippen molar-refractivity contribution in [2.24, 2.45) is 0 Å². The Kier molecular flexibility index (Phi) is 5.19. The number of anilines is 2. The van der Waals surface area contributed by atoms with Crippen LogP contribution in [0.5, 0.6) is 11.5 Å². The molecule has 2 aromatic rings. The first kappa shape index (κ1) is 16.4. The molecule has 120 valence electrons. The minimum atomic E-state index is -0.781. The van der Waals surface area contributed by atoms with Crippen LogP contribution in [0.25, 0.3) is 0 Å². The smallest absolute Gasteiger partial charge is 0.314 e. The molecule has 0 radical (unpaired) electrons. The highest BCUT2D eigenvalue weighted by atomic mass is 16.5. The van der Waals surface area contributed by atoms with Gasteiger partial charge in [-0.1, -0.05) is 12.1 Å². The molecule has 0 saturated heterocycles. The predicted octanol–water partition coefficient (Wildman–Crippen LogP) is 2.59. The molecule has 0 fully saturated rings. The van der Waals surface area contributed by atoms with E-state index in [1.54, 1.807) is 36.4 Å². The lowest BCUT2D eigenvalue weighted by Gasteiger charge is -2.11. The van der Waals surface area contributed by atoms with Gasteiger partial charge < -0.3 is 20.1 Å². The van der Waals surface area contributed by atoms with E-state index in [0.717, 1.165) is 5.56 Å². The number of carbonyl (C=O) groups excluding carboxylic acids is 2. The molecule has 0 spiro atoms. The molecule has 0 aliphatic rings. The summed E-state index contributed by atoms with van der Waals surface area (Å²) in [5.74, 6) is -0.486. The quantitative estimate of drug-likeness (QED) is 0.851. The lowest BCUT2D eigenvalue weighted by atomic mass is 10.2. The van der Waals surface area contributed by atoms with Gasteiger partial charge in [0.15, 0.2) is 0 Å². The van der Waals surface area contributed by atoms with Gasteiger partial charge in [-0.15, -0.1) is 0 Å². The van der Waals surface area contributed by atoms with Gasteiger partial charge >= 0.3 is 11.8 Å². The third-order valence-corrected chi connectivity index (χ3v) is 3.14. The van der Waals surface area contributed by atoms with E-state index in [0.29, 0.717) is 22.9 Å². The first-order valence-corrected chi connectivity index (χ1v) is 6.94. The molecular formula is C17H18N2O4. The molecule has 0 saturated carbocycles. The molecule has 2 aromatic carbocycles. The molecule has 0 aliphatic heterocycles. The summed E-state index contributed by atoms with van der Waals surface area (Å²) in [4.78, 5) is 24.0. The van der Waals surface area contributed by atoms with Gasteiger partial charge in [0.2, 0.25) is 0 Å². The molecule has 6 nitrogen and oxygen atoms in total. The second kappa shape index (κ2) is 7.31. The zero-order valence-electron chi connectivity index (χ0n) is 13.2. The van der Waals surface area contributed by atoms with Crippen LogP contribution in [0, 0.1) is 6.92 Å². The van der Waals surface area contributed by atoms with Crippen molar-refractivity contribution in [3.63, 3.8) is 0 Å². The molecule has 23 heavy (non-hydrogen) atoms. The lowest BCUT2D eigenvalue weighted by Crippen LogP contribution is -2.29. The molecule has 0 bridgehead atoms. The molecule has 2 rings (SSSR count). The molecule has 0 heterocycles. The summed E-state index contributed by atoms with van der Waals surface area (Å²) in [6, 6.07) is 12.1. The van der Waals surface area contributed by atoms with E-state index in [-0.39, 0.29) is 0 Å². The number of ether oxygens (including phenoxy) is 2. The number of benzene rings is 2. The highest BCUT2D eigenvalue weighted by molar-refractivity contribution is 6.43. The average molecular weight is 314 g/mol. The molecule has 0 aliphatic carbocycles. The summed E-state index contributed by atoms with van der Waals surface area (Å²) in [6.45, 7) is 1.88. The maximum absolute atomic E-state index is 12.0. The Morgan fingerprint density at radius 2 is 1.65 bits per heavy atom. The van der Waals surface area contributed by atoms with E-state index < -0.39 is 11.8 Å². The minimum Gasteiger partial charge on any atom is -0.497 e. The van der Waals surface area contributed by atoms with Gasteiger partial charge in [0.05, 0.1) is 19.9 Å². The van der Waals surface area contributed by atoms with Crippen LogP contribution in [-0.2, 0) is 9.59 Å². The van der Waals surface area contributed by atoms with Crippen LogP contribution >= 0.6 is 0 Å². The van der Waals surface area contributed by atoms with Crippen molar-refractivity contribution in [2.45, 2.75) is 6.92 Å². The summed E-state index contributed by atoms with van der Waals surface area (Å²) in [5, 5.41) is 5.06. The van der Waals surface area contributed by atoms with Crippen molar-refractivity contribution >= 4 is 23.2 Å². The van der Waals surface area contributed by atoms with Crippen LogP contribution < -0.4 is 20.1 Å². The maximum atomic E-state index is 12.0. The number of aryl methyl sites for hydroxylation is 1. The number of methoxy groups -OCH3 is 2. The van der Waals surface area contributed by atoms with Gasteiger partial charge in [-0.3, -0.25) is 9.59 Å². The lowest BCUT2D eigenvalue weighted by molar-refractivity contribution is -0.133. The molecule has 0 aromatic heterocycles. The summed E-state index contributed by atoms with van der Waals surface area (Å²) >= 11 is 0. The zero-order valence-corrected chi connectivity index (χ0v) is 13.2. The summed E-state index contributed by atoms with van der Waals surface area (Å²) in [6.07, 6.45) is 0. The Bertz CT molecular complexity index is 728. The SMILES string of the molecule is COc1cccc(NC(=O)C(=O)Nc2cc(C)ccc2OC)c1. The summed E-state index contributed by atoms with van der Waals surface area (Å²) in [7, 11) is 3.02. The van der Waals surface area contributed by atoms with Crippen molar-refractivity contribution in [2.75, 3.05) is 24.9 Å². The van der Waals surface area contributed by atoms with E-state index in [4.69, 9.17) is 9.47 Å². The third-order valence-electron chi connectivity index (χ3n) is 3.14. The fourth-order valence-electron chi connectivity index (χ4n) is 1.99. The molecule has 6 heteroatoms. The number of carbonyl (C=O) groups is 2. The monoisotopic (exact) mass is 314 g/mol. The standard InChI is InChI=1S/C17H18N2O4/c1-11-7-8-15(23-3)14(9-11)19-17(21)16(20)18-12-5-4-6-13(10-12)22-2/h4-10H,1-3H3,(H,18,20)(H,19,21). The van der Waals surface area contributed by atoms with Crippen LogP contribution in [0.1, 0.15) is 5.56 Å². The number of hydrogen-bond acceptors (Lipinski definition) is 4. The number of nitrogens with one attached hydrogen (secondary N) is 2. The van der Waals surface area contributed by atoms with Crippen LogP contribution in [0.3, 0.4) is 0 Å². The van der Waals surface area contributed by atoms with Gasteiger partial charge in [-0.2, -0.15) is 0 Å². The first-order valence-electron chi connectivity index (χ1n) is 6.94. The first-order chi connectivity index (χ1) is 11.0. The number of rotatable bonds is 4. The van der Waals surface area contributed by atoms with Crippen LogP contribution in [0.4, 0.5) is 11.4 Å². The maximum Gasteiger partial charge on any atom is 0.314 e. The Hall–Kier alpha value is -3.02. The van der Waals surface area contributed by atoms with E-state index in [1.165, 1.54) is 14.2 Å². The van der Waals surface area contributed by atoms with E-state index in [1.807, 2.05) is 13.0 Å². The van der Waals surface area contributed by atoms with Crippen LogP contribution in [0.2, 0.25) is 0 Å². The van der Waals surface area contributed by atoms with Gasteiger partial charge in [-0.05, 0) is 36.8 Å². The van der Waals surface area contributed by atoms with E-state index in [9.17, 15) is 9.59 Å². The van der Waals surface area contributed by atoms with E-state index in [2.05, 4.69) is 10.6 Å². The third kappa shape index (κ3) is 4.23. The van der Waals surface area contributed by atoms with Crippen molar-refractivity contribution < 1.29 is 19.1 Å². The van der Waals surface area contributed by atoms with Gasteiger partial charge in [-0.25, -0.2) is 0 Å². The largest absolute Gasteiger partial charge is 0.497 e. The Labute approximate surface area is 134 Å². The zero-order chi connectivity index (χ0) is 16.8. The average Bonchev–Trinajstić information content (AvgIpc) is 2.55. The van der Waals surface area contributed by atoms with Crippen molar-refractivity contribution in [3.8, 4) is 11.5 Å². The van der Waals surface area contributed by atoms with Crippen LogP contribution in [0.15, 0.2) is 42.5 Å².